The van der Waals surface area contributed by atoms with Crippen molar-refractivity contribution in [3.05, 3.63) is 53.7 Å². The Hall–Kier alpha value is -2.54. The van der Waals surface area contributed by atoms with Gasteiger partial charge in [0.15, 0.2) is 0 Å². The molecule has 1 aromatic carbocycles. The van der Waals surface area contributed by atoms with Gasteiger partial charge >= 0.3 is 0 Å². The van der Waals surface area contributed by atoms with Crippen LogP contribution >= 0.6 is 0 Å². The predicted octanol–water partition coefficient (Wildman–Crippen LogP) is 2.81. The molecule has 2 aromatic heterocycles. The van der Waals surface area contributed by atoms with E-state index in [0.717, 1.165) is 35.5 Å². The van der Waals surface area contributed by atoms with Crippen LogP contribution in [-0.4, -0.2) is 9.97 Å². The van der Waals surface area contributed by atoms with Crippen LogP contribution in [0, 0.1) is 11.3 Å². The summed E-state index contributed by atoms with van der Waals surface area (Å²) in [5, 5.41) is 9.01. The molecule has 0 saturated heterocycles. The second-order valence-electron chi connectivity index (χ2n) is 4.08. The molecule has 0 fully saturated rings. The lowest BCUT2D eigenvalue weighted by molar-refractivity contribution is 0.507. The first-order valence-corrected chi connectivity index (χ1v) is 5.77. The molecule has 0 spiro atoms. The summed E-state index contributed by atoms with van der Waals surface area (Å²) in [5.74, 6) is 1.82. The van der Waals surface area contributed by atoms with Crippen molar-refractivity contribution < 1.29 is 4.42 Å². The van der Waals surface area contributed by atoms with Crippen molar-refractivity contribution in [3.8, 4) is 6.07 Å². The molecule has 4 heteroatoms. The topological polar surface area (TPSA) is 65.6 Å². The van der Waals surface area contributed by atoms with Gasteiger partial charge in [-0.25, -0.2) is 4.98 Å². The second kappa shape index (κ2) is 4.38. The minimum Gasteiger partial charge on any atom is -0.469 e. The summed E-state index contributed by atoms with van der Waals surface area (Å²) in [6, 6.07) is 11.5. The molecule has 4 nitrogen and oxygen atoms in total. The lowest BCUT2D eigenvalue weighted by atomic mass is 10.2. The second-order valence-corrected chi connectivity index (χ2v) is 4.08. The van der Waals surface area contributed by atoms with E-state index in [0.29, 0.717) is 5.56 Å². The van der Waals surface area contributed by atoms with Gasteiger partial charge in [0.05, 0.1) is 17.3 Å². The quantitative estimate of drug-likeness (QED) is 0.761. The van der Waals surface area contributed by atoms with Crippen LogP contribution in [-0.2, 0) is 12.8 Å². The van der Waals surface area contributed by atoms with E-state index in [-0.39, 0.29) is 0 Å². The summed E-state index contributed by atoms with van der Waals surface area (Å²) < 4.78 is 5.28. The van der Waals surface area contributed by atoms with Crippen LogP contribution in [0.3, 0.4) is 0 Å². The summed E-state index contributed by atoms with van der Waals surface area (Å²) in [5.41, 5.74) is 2.26. The monoisotopic (exact) mass is 237 g/mol. The average molecular weight is 237 g/mol. The summed E-state index contributed by atoms with van der Waals surface area (Å²) in [7, 11) is 0. The molecule has 0 unspecified atom stereocenters. The third-order valence-electron chi connectivity index (χ3n) is 2.87. The van der Waals surface area contributed by atoms with Crippen molar-refractivity contribution in [2.75, 3.05) is 0 Å². The van der Waals surface area contributed by atoms with Gasteiger partial charge in [-0.05, 0) is 24.3 Å². The Labute approximate surface area is 104 Å². The Kier molecular flexibility index (Phi) is 2.58. The molecule has 0 aliphatic heterocycles. The number of benzene rings is 1. The normalized spacial score (nSPS) is 10.6. The number of fused-ring (bicyclic) bond motifs is 1. The highest BCUT2D eigenvalue weighted by Crippen LogP contribution is 2.16. The number of hydrogen-bond donors (Lipinski definition) is 1. The van der Waals surface area contributed by atoms with Gasteiger partial charge in [-0.15, -0.1) is 0 Å². The lowest BCUT2D eigenvalue weighted by Crippen LogP contribution is -1.91. The molecule has 0 atom stereocenters. The zero-order valence-electron chi connectivity index (χ0n) is 9.68. The Bertz CT molecular complexity index is 704. The highest BCUT2D eigenvalue weighted by molar-refractivity contribution is 5.81. The highest BCUT2D eigenvalue weighted by Gasteiger charge is 2.07. The Morgan fingerprint density at radius 3 is 2.94 bits per heavy atom. The van der Waals surface area contributed by atoms with E-state index in [1.165, 1.54) is 0 Å². The van der Waals surface area contributed by atoms with Crippen LogP contribution < -0.4 is 0 Å². The van der Waals surface area contributed by atoms with Gasteiger partial charge in [0.25, 0.3) is 0 Å². The minimum absolute atomic E-state index is 0.605. The molecule has 0 aliphatic carbocycles. The molecule has 88 valence electrons. The van der Waals surface area contributed by atoms with E-state index in [9.17, 15) is 0 Å². The van der Waals surface area contributed by atoms with Gasteiger partial charge in [0, 0.05) is 12.8 Å². The van der Waals surface area contributed by atoms with E-state index >= 15 is 0 Å². The summed E-state index contributed by atoms with van der Waals surface area (Å²) in [4.78, 5) is 7.69. The minimum atomic E-state index is 0.605. The number of hydrogen-bond acceptors (Lipinski definition) is 3. The first-order valence-electron chi connectivity index (χ1n) is 5.77. The van der Waals surface area contributed by atoms with Gasteiger partial charge in [-0.3, -0.25) is 0 Å². The Morgan fingerprint density at radius 1 is 1.22 bits per heavy atom. The fourth-order valence-electron chi connectivity index (χ4n) is 1.99. The number of nitrogens with zero attached hydrogens (tertiary/aromatic N) is 2. The number of nitriles is 1. The molecule has 0 saturated carbocycles. The van der Waals surface area contributed by atoms with Crippen LogP contribution in [0.2, 0.25) is 0 Å². The van der Waals surface area contributed by atoms with E-state index in [4.69, 9.17) is 9.68 Å². The maximum absolute atomic E-state index is 9.01. The molecular formula is C14H11N3O. The fourth-order valence-corrected chi connectivity index (χ4v) is 1.99. The Balaban J connectivity index is 1.87. The van der Waals surface area contributed by atoms with E-state index < -0.39 is 0 Å². The number of para-hydroxylation sites is 1. The van der Waals surface area contributed by atoms with Crippen molar-refractivity contribution in [1.29, 1.82) is 5.26 Å². The molecule has 2 heterocycles. The van der Waals surface area contributed by atoms with Crippen molar-refractivity contribution in [3.63, 3.8) is 0 Å². The SMILES string of the molecule is N#Cc1cccc2[nH]c(CCc3ccco3)nc12. The molecule has 0 aliphatic rings. The highest BCUT2D eigenvalue weighted by atomic mass is 16.3. The van der Waals surface area contributed by atoms with E-state index in [1.807, 2.05) is 24.3 Å². The number of H-pyrrole nitrogens is 1. The molecule has 1 N–H and O–H groups in total. The summed E-state index contributed by atoms with van der Waals surface area (Å²) >= 11 is 0. The molecule has 0 amide bonds. The molecule has 3 aromatic rings. The number of aryl methyl sites for hydroxylation is 2. The number of aromatic amines is 1. The number of rotatable bonds is 3. The molecule has 3 rings (SSSR count). The first-order chi connectivity index (χ1) is 8.86. The largest absolute Gasteiger partial charge is 0.469 e. The van der Waals surface area contributed by atoms with Crippen LogP contribution in [0.4, 0.5) is 0 Å². The first kappa shape index (κ1) is 10.6. The number of nitrogens with one attached hydrogen (secondary N) is 1. The van der Waals surface area contributed by atoms with Crippen LogP contribution in [0.1, 0.15) is 17.1 Å². The molecule has 0 bridgehead atoms. The number of imidazole rings is 1. The van der Waals surface area contributed by atoms with Crippen LogP contribution in [0.5, 0.6) is 0 Å². The third kappa shape index (κ3) is 1.87. The van der Waals surface area contributed by atoms with Crippen molar-refractivity contribution in [2.24, 2.45) is 0 Å². The third-order valence-corrected chi connectivity index (χ3v) is 2.87. The molecular weight excluding hydrogens is 226 g/mol. The number of furan rings is 1. The zero-order valence-corrected chi connectivity index (χ0v) is 9.68. The smallest absolute Gasteiger partial charge is 0.107 e. The van der Waals surface area contributed by atoms with Gasteiger partial charge in [-0.1, -0.05) is 6.07 Å². The van der Waals surface area contributed by atoms with Crippen molar-refractivity contribution in [2.45, 2.75) is 12.8 Å². The predicted molar refractivity (Wildman–Crippen MR) is 66.9 cm³/mol. The maximum atomic E-state index is 9.01. The molecule has 18 heavy (non-hydrogen) atoms. The van der Waals surface area contributed by atoms with Crippen LogP contribution in [0.15, 0.2) is 41.0 Å². The average Bonchev–Trinajstić information content (AvgIpc) is 3.04. The zero-order chi connectivity index (χ0) is 12.4. The van der Waals surface area contributed by atoms with E-state index in [2.05, 4.69) is 16.0 Å². The fraction of sp³-hybridized carbons (Fsp3) is 0.143. The lowest BCUT2D eigenvalue weighted by Gasteiger charge is -1.93. The van der Waals surface area contributed by atoms with Gasteiger partial charge in [0.1, 0.15) is 23.2 Å². The standard InChI is InChI=1S/C14H11N3O/c15-9-10-3-1-5-12-14(10)17-13(16-12)7-6-11-4-2-8-18-11/h1-5,8H,6-7H2,(H,16,17). The van der Waals surface area contributed by atoms with Crippen molar-refractivity contribution in [1.82, 2.24) is 9.97 Å². The van der Waals surface area contributed by atoms with Gasteiger partial charge in [0.2, 0.25) is 0 Å². The maximum Gasteiger partial charge on any atom is 0.107 e. The molecule has 0 radical (unpaired) electrons. The van der Waals surface area contributed by atoms with E-state index in [1.54, 1.807) is 12.3 Å². The Morgan fingerprint density at radius 2 is 2.17 bits per heavy atom. The number of aromatic nitrogens is 2. The summed E-state index contributed by atoms with van der Waals surface area (Å²) in [6.07, 6.45) is 3.24. The van der Waals surface area contributed by atoms with Gasteiger partial charge in [-0.2, -0.15) is 5.26 Å². The van der Waals surface area contributed by atoms with Crippen molar-refractivity contribution >= 4 is 11.0 Å². The van der Waals surface area contributed by atoms with Crippen LogP contribution in [0.25, 0.3) is 11.0 Å². The van der Waals surface area contributed by atoms with Gasteiger partial charge < -0.3 is 9.40 Å². The summed E-state index contributed by atoms with van der Waals surface area (Å²) in [6.45, 7) is 0.